The summed E-state index contributed by atoms with van der Waals surface area (Å²) in [7, 11) is 0. The second-order valence-electron chi connectivity index (χ2n) is 7.54. The standard InChI is InChI=1S/C23H44O4/c1-3-5-7-9-11-13-15-17-19-23(25)27-21-20-26-22(24)18-16-14-12-10-8-6-4-2/h3-21H2,1-2H3. The van der Waals surface area contributed by atoms with Crippen LogP contribution in [0.25, 0.3) is 0 Å². The van der Waals surface area contributed by atoms with Crippen molar-refractivity contribution in [2.45, 2.75) is 123 Å². The van der Waals surface area contributed by atoms with Gasteiger partial charge in [0.2, 0.25) is 0 Å². The lowest BCUT2D eigenvalue weighted by Gasteiger charge is -2.07. The molecule has 4 heteroatoms. The summed E-state index contributed by atoms with van der Waals surface area (Å²) < 4.78 is 10.2. The summed E-state index contributed by atoms with van der Waals surface area (Å²) in [5.74, 6) is -0.355. The zero-order chi connectivity index (χ0) is 20.0. The summed E-state index contributed by atoms with van der Waals surface area (Å²) in [5, 5.41) is 0. The predicted octanol–water partition coefficient (Wildman–Crippen LogP) is 6.74. The highest BCUT2D eigenvalue weighted by Gasteiger charge is 2.05. The molecule has 27 heavy (non-hydrogen) atoms. The van der Waals surface area contributed by atoms with Gasteiger partial charge in [-0.3, -0.25) is 9.59 Å². The van der Waals surface area contributed by atoms with E-state index in [-0.39, 0.29) is 25.2 Å². The third kappa shape index (κ3) is 21.1. The molecule has 0 atom stereocenters. The second-order valence-corrected chi connectivity index (χ2v) is 7.54. The maximum Gasteiger partial charge on any atom is 0.305 e. The van der Waals surface area contributed by atoms with Crippen molar-refractivity contribution < 1.29 is 19.1 Å². The van der Waals surface area contributed by atoms with Crippen molar-refractivity contribution in [1.82, 2.24) is 0 Å². The van der Waals surface area contributed by atoms with Gasteiger partial charge in [-0.2, -0.15) is 0 Å². The normalized spacial score (nSPS) is 10.7. The van der Waals surface area contributed by atoms with Crippen LogP contribution in [-0.2, 0) is 19.1 Å². The Bertz CT molecular complexity index is 341. The molecule has 0 amide bonds. The molecule has 0 fully saturated rings. The average molecular weight is 385 g/mol. The molecule has 0 bridgehead atoms. The summed E-state index contributed by atoms with van der Waals surface area (Å²) in [6, 6.07) is 0. The van der Waals surface area contributed by atoms with Gasteiger partial charge in [-0.15, -0.1) is 0 Å². The average Bonchev–Trinajstić information content (AvgIpc) is 2.66. The highest BCUT2D eigenvalue weighted by atomic mass is 16.6. The van der Waals surface area contributed by atoms with Crippen LogP contribution in [0.4, 0.5) is 0 Å². The van der Waals surface area contributed by atoms with Gasteiger partial charge in [0.1, 0.15) is 13.2 Å². The number of ether oxygens (including phenoxy) is 2. The maximum absolute atomic E-state index is 11.6. The fraction of sp³-hybridized carbons (Fsp3) is 0.913. The summed E-state index contributed by atoms with van der Waals surface area (Å²) in [4.78, 5) is 23.2. The maximum atomic E-state index is 11.6. The zero-order valence-electron chi connectivity index (χ0n) is 18.1. The Kier molecular flexibility index (Phi) is 20.4. The Morgan fingerprint density at radius 2 is 0.778 bits per heavy atom. The molecule has 0 aliphatic rings. The lowest BCUT2D eigenvalue weighted by molar-refractivity contribution is -0.152. The van der Waals surface area contributed by atoms with Crippen LogP contribution >= 0.6 is 0 Å². The minimum absolute atomic E-state index is 0.177. The summed E-state index contributed by atoms with van der Waals surface area (Å²) in [6.07, 6.45) is 18.9. The van der Waals surface area contributed by atoms with Gasteiger partial charge < -0.3 is 9.47 Å². The van der Waals surface area contributed by atoms with Crippen LogP contribution in [0.3, 0.4) is 0 Å². The SMILES string of the molecule is CCCCCCCCCCC(=O)OCCOC(=O)CCCCCCCCC. The number of carbonyl (C=O) groups is 2. The first kappa shape index (κ1) is 25.9. The molecular formula is C23H44O4. The van der Waals surface area contributed by atoms with Crippen LogP contribution in [-0.4, -0.2) is 25.2 Å². The lowest BCUT2D eigenvalue weighted by Crippen LogP contribution is -2.13. The first-order valence-corrected chi connectivity index (χ1v) is 11.5. The fourth-order valence-electron chi connectivity index (χ4n) is 3.09. The van der Waals surface area contributed by atoms with Gasteiger partial charge in [0.25, 0.3) is 0 Å². The Hall–Kier alpha value is -1.06. The Labute approximate surface area is 167 Å². The lowest BCUT2D eigenvalue weighted by atomic mass is 10.1. The molecule has 0 heterocycles. The molecule has 160 valence electrons. The van der Waals surface area contributed by atoms with Crippen molar-refractivity contribution in [2.24, 2.45) is 0 Å². The van der Waals surface area contributed by atoms with Crippen LogP contribution in [0.2, 0.25) is 0 Å². The first-order chi connectivity index (χ1) is 13.2. The Morgan fingerprint density at radius 1 is 0.481 bits per heavy atom. The van der Waals surface area contributed by atoms with Crippen molar-refractivity contribution in [3.63, 3.8) is 0 Å². The van der Waals surface area contributed by atoms with E-state index in [1.54, 1.807) is 0 Å². The smallest absolute Gasteiger partial charge is 0.305 e. The number of unbranched alkanes of at least 4 members (excludes halogenated alkanes) is 13. The van der Waals surface area contributed by atoms with Gasteiger partial charge in [-0.1, -0.05) is 97.3 Å². The van der Waals surface area contributed by atoms with Gasteiger partial charge >= 0.3 is 11.9 Å². The molecule has 0 radical (unpaired) electrons. The number of esters is 2. The van der Waals surface area contributed by atoms with E-state index in [1.807, 2.05) is 0 Å². The zero-order valence-corrected chi connectivity index (χ0v) is 18.1. The van der Waals surface area contributed by atoms with Crippen molar-refractivity contribution >= 4 is 11.9 Å². The largest absolute Gasteiger partial charge is 0.462 e. The third-order valence-electron chi connectivity index (χ3n) is 4.83. The van der Waals surface area contributed by atoms with E-state index in [9.17, 15) is 9.59 Å². The number of rotatable bonds is 20. The van der Waals surface area contributed by atoms with Crippen molar-refractivity contribution in [3.8, 4) is 0 Å². The molecule has 4 nitrogen and oxygen atoms in total. The van der Waals surface area contributed by atoms with Gasteiger partial charge in [0.15, 0.2) is 0 Å². The van der Waals surface area contributed by atoms with Crippen LogP contribution in [0, 0.1) is 0 Å². The van der Waals surface area contributed by atoms with E-state index in [0.717, 1.165) is 25.7 Å². The monoisotopic (exact) mass is 384 g/mol. The topological polar surface area (TPSA) is 52.6 Å². The Morgan fingerprint density at radius 3 is 1.11 bits per heavy atom. The van der Waals surface area contributed by atoms with Crippen LogP contribution in [0.5, 0.6) is 0 Å². The van der Waals surface area contributed by atoms with Crippen LogP contribution in [0.1, 0.15) is 123 Å². The van der Waals surface area contributed by atoms with E-state index in [2.05, 4.69) is 13.8 Å². The van der Waals surface area contributed by atoms with E-state index in [0.29, 0.717) is 12.8 Å². The number of hydrogen-bond donors (Lipinski definition) is 0. The molecule has 0 saturated heterocycles. The van der Waals surface area contributed by atoms with Gasteiger partial charge in [-0.25, -0.2) is 0 Å². The molecule has 0 N–H and O–H groups in total. The minimum Gasteiger partial charge on any atom is -0.462 e. The van der Waals surface area contributed by atoms with Gasteiger partial charge in [0, 0.05) is 12.8 Å². The predicted molar refractivity (Wildman–Crippen MR) is 112 cm³/mol. The fourth-order valence-corrected chi connectivity index (χ4v) is 3.09. The highest BCUT2D eigenvalue weighted by Crippen LogP contribution is 2.10. The van der Waals surface area contributed by atoms with Crippen molar-refractivity contribution in [1.29, 1.82) is 0 Å². The molecular weight excluding hydrogens is 340 g/mol. The van der Waals surface area contributed by atoms with E-state index in [1.165, 1.54) is 70.6 Å². The van der Waals surface area contributed by atoms with Crippen molar-refractivity contribution in [2.75, 3.05) is 13.2 Å². The molecule has 0 spiro atoms. The number of hydrogen-bond acceptors (Lipinski definition) is 4. The van der Waals surface area contributed by atoms with Gasteiger partial charge in [0.05, 0.1) is 0 Å². The molecule has 0 aliphatic carbocycles. The third-order valence-corrected chi connectivity index (χ3v) is 4.83. The molecule has 0 rings (SSSR count). The van der Waals surface area contributed by atoms with E-state index >= 15 is 0 Å². The summed E-state index contributed by atoms with van der Waals surface area (Å²) in [5.41, 5.74) is 0. The molecule has 0 saturated carbocycles. The number of carbonyl (C=O) groups excluding carboxylic acids is 2. The summed E-state index contributed by atoms with van der Waals surface area (Å²) >= 11 is 0. The quantitative estimate of drug-likeness (QED) is 0.172. The second kappa shape index (κ2) is 21.2. The first-order valence-electron chi connectivity index (χ1n) is 11.5. The molecule has 0 unspecified atom stereocenters. The molecule has 0 aliphatic heterocycles. The van der Waals surface area contributed by atoms with Crippen molar-refractivity contribution in [3.05, 3.63) is 0 Å². The van der Waals surface area contributed by atoms with Gasteiger partial charge in [-0.05, 0) is 12.8 Å². The highest BCUT2D eigenvalue weighted by molar-refractivity contribution is 5.70. The molecule has 0 aromatic rings. The minimum atomic E-state index is -0.178. The summed E-state index contributed by atoms with van der Waals surface area (Å²) in [6.45, 7) is 4.80. The Balaban J connectivity index is 3.30. The molecule has 0 aromatic heterocycles. The van der Waals surface area contributed by atoms with Crippen LogP contribution in [0.15, 0.2) is 0 Å². The van der Waals surface area contributed by atoms with E-state index < -0.39 is 0 Å². The van der Waals surface area contributed by atoms with E-state index in [4.69, 9.17) is 9.47 Å². The van der Waals surface area contributed by atoms with Crippen LogP contribution < -0.4 is 0 Å². The molecule has 0 aromatic carbocycles.